The normalized spacial score (nSPS) is 22.1. The number of benzene rings is 1. The summed E-state index contributed by atoms with van der Waals surface area (Å²) in [6.07, 6.45) is 6.42. The van der Waals surface area contributed by atoms with Gasteiger partial charge in [0.25, 0.3) is 0 Å². The van der Waals surface area contributed by atoms with Crippen LogP contribution in [0.5, 0.6) is 11.6 Å². The Bertz CT molecular complexity index is 1440. The number of rotatable bonds is 9. The summed E-state index contributed by atoms with van der Waals surface area (Å²) in [5.41, 5.74) is 1.85. The Labute approximate surface area is 237 Å². The number of ether oxygens (including phenoxy) is 2. The number of hydrogen-bond acceptors (Lipinski definition) is 10. The SMILES string of the molecule is CCOC(=O)c1nc(NC23CC(C#N)(C2)C3)nc(Oc2c(C)cc(/C=C/C#N)cc2C)c1/C=N/[S@@+]([O-])C(C)(C)C. The van der Waals surface area contributed by atoms with Gasteiger partial charge in [0.1, 0.15) is 21.9 Å². The largest absolute Gasteiger partial charge is 0.591 e. The zero-order valence-corrected chi connectivity index (χ0v) is 24.3. The third-order valence-corrected chi connectivity index (χ3v) is 8.20. The predicted octanol–water partition coefficient (Wildman–Crippen LogP) is 5.34. The first-order valence-electron chi connectivity index (χ1n) is 12.9. The van der Waals surface area contributed by atoms with E-state index in [0.717, 1.165) is 16.7 Å². The molecule has 40 heavy (non-hydrogen) atoms. The van der Waals surface area contributed by atoms with Gasteiger partial charge in [-0.25, -0.2) is 9.78 Å². The van der Waals surface area contributed by atoms with E-state index < -0.39 is 22.1 Å². The maximum atomic E-state index is 13.1. The fourth-order valence-corrected chi connectivity index (χ4v) is 5.58. The lowest BCUT2D eigenvalue weighted by Crippen LogP contribution is -2.70. The summed E-state index contributed by atoms with van der Waals surface area (Å²) in [5, 5.41) is 21.6. The predicted molar refractivity (Wildman–Crippen MR) is 152 cm³/mol. The van der Waals surface area contributed by atoms with Gasteiger partial charge in [-0.05, 0) is 95.7 Å². The van der Waals surface area contributed by atoms with Gasteiger partial charge in [0, 0.05) is 11.6 Å². The molecular weight excluding hydrogens is 528 g/mol. The van der Waals surface area contributed by atoms with Crippen LogP contribution in [0, 0.1) is 41.9 Å². The second-order valence-electron chi connectivity index (χ2n) is 11.3. The Morgan fingerprint density at radius 3 is 2.42 bits per heavy atom. The number of hydrogen-bond donors (Lipinski definition) is 1. The van der Waals surface area contributed by atoms with Crippen LogP contribution in [0.2, 0.25) is 0 Å². The van der Waals surface area contributed by atoms with E-state index in [1.807, 2.05) is 32.0 Å². The lowest BCUT2D eigenvalue weighted by molar-refractivity contribution is -0.0665. The van der Waals surface area contributed by atoms with Crippen molar-refractivity contribution >= 4 is 35.6 Å². The number of carbonyl (C=O) groups is 1. The van der Waals surface area contributed by atoms with E-state index in [2.05, 4.69) is 25.8 Å². The summed E-state index contributed by atoms with van der Waals surface area (Å²) in [6, 6.07) is 8.10. The average molecular weight is 561 g/mol. The molecule has 1 heterocycles. The highest BCUT2D eigenvalue weighted by Crippen LogP contribution is 2.67. The van der Waals surface area contributed by atoms with E-state index in [9.17, 15) is 14.6 Å². The van der Waals surface area contributed by atoms with Gasteiger partial charge in [0.05, 0.1) is 35.9 Å². The summed E-state index contributed by atoms with van der Waals surface area (Å²) in [4.78, 5) is 22.2. The van der Waals surface area contributed by atoms with Gasteiger partial charge in [0.15, 0.2) is 5.69 Å². The highest BCUT2D eigenvalue weighted by atomic mass is 32.2. The van der Waals surface area contributed by atoms with Crippen LogP contribution >= 0.6 is 0 Å². The number of aryl methyl sites for hydroxylation is 2. The van der Waals surface area contributed by atoms with Crippen LogP contribution in [-0.2, 0) is 16.1 Å². The van der Waals surface area contributed by atoms with Crippen molar-refractivity contribution in [3.63, 3.8) is 0 Å². The quantitative estimate of drug-likeness (QED) is 0.185. The lowest BCUT2D eigenvalue weighted by Gasteiger charge is -2.66. The molecule has 11 heteroatoms. The van der Waals surface area contributed by atoms with Gasteiger partial charge in [-0.2, -0.15) is 15.5 Å². The first-order chi connectivity index (χ1) is 18.8. The van der Waals surface area contributed by atoms with Crippen LogP contribution in [0.1, 0.15) is 79.7 Å². The minimum atomic E-state index is -1.62. The third-order valence-electron chi connectivity index (χ3n) is 6.86. The first kappa shape index (κ1) is 29.1. The molecule has 0 saturated heterocycles. The highest BCUT2D eigenvalue weighted by Gasteiger charge is 2.69. The molecule has 10 nitrogen and oxygen atoms in total. The number of carbonyl (C=O) groups excluding carboxylic acids is 1. The van der Waals surface area contributed by atoms with Gasteiger partial charge in [-0.15, -0.1) is 0 Å². The van der Waals surface area contributed by atoms with E-state index in [4.69, 9.17) is 14.7 Å². The molecule has 3 fully saturated rings. The number of nitrogens with zero attached hydrogens (tertiary/aromatic N) is 5. The number of esters is 1. The van der Waals surface area contributed by atoms with Crippen LogP contribution in [0.4, 0.5) is 5.95 Å². The molecule has 2 bridgehead atoms. The van der Waals surface area contributed by atoms with Gasteiger partial charge in [0.2, 0.25) is 11.8 Å². The van der Waals surface area contributed by atoms with Crippen LogP contribution in [0.15, 0.2) is 22.6 Å². The Morgan fingerprint density at radius 2 is 1.88 bits per heavy atom. The van der Waals surface area contributed by atoms with Gasteiger partial charge >= 0.3 is 5.97 Å². The molecule has 208 valence electrons. The van der Waals surface area contributed by atoms with E-state index in [-0.39, 0.29) is 40.6 Å². The molecule has 0 radical (unpaired) electrons. The lowest BCUT2D eigenvalue weighted by atomic mass is 9.40. The maximum Gasteiger partial charge on any atom is 0.357 e. The highest BCUT2D eigenvalue weighted by molar-refractivity contribution is 7.91. The van der Waals surface area contributed by atoms with Crippen LogP contribution < -0.4 is 10.1 Å². The van der Waals surface area contributed by atoms with E-state index in [1.165, 1.54) is 12.3 Å². The van der Waals surface area contributed by atoms with Crippen LogP contribution in [0.25, 0.3) is 6.08 Å². The summed E-state index contributed by atoms with van der Waals surface area (Å²) in [5.74, 6) is 0.0250. The molecule has 3 aliphatic carbocycles. The molecule has 0 spiro atoms. The minimum absolute atomic E-state index is 0.0447. The third kappa shape index (κ3) is 5.81. The second-order valence-corrected chi connectivity index (χ2v) is 13.2. The number of aromatic nitrogens is 2. The zero-order valence-electron chi connectivity index (χ0n) is 23.5. The van der Waals surface area contributed by atoms with Crippen LogP contribution in [0.3, 0.4) is 0 Å². The average Bonchev–Trinajstić information content (AvgIpc) is 2.84. The molecule has 1 N–H and O–H groups in total. The monoisotopic (exact) mass is 560 g/mol. The number of nitriles is 2. The fourth-order valence-electron chi connectivity index (χ4n) is 5.06. The fraction of sp³-hybridized carbons (Fsp3) is 0.448. The summed E-state index contributed by atoms with van der Waals surface area (Å²) >= 11 is -1.62. The summed E-state index contributed by atoms with van der Waals surface area (Å²) in [6.45, 7) is 10.9. The van der Waals surface area contributed by atoms with Crippen molar-refractivity contribution in [2.24, 2.45) is 9.81 Å². The molecule has 2 aromatic rings. The Kier molecular flexibility index (Phi) is 7.93. The van der Waals surface area contributed by atoms with Gasteiger partial charge < -0.3 is 19.3 Å². The molecule has 3 aliphatic rings. The zero-order chi connectivity index (χ0) is 29.3. The minimum Gasteiger partial charge on any atom is -0.591 e. The van der Waals surface area contributed by atoms with Crippen LogP contribution in [-0.4, -0.2) is 43.6 Å². The van der Waals surface area contributed by atoms with E-state index in [0.29, 0.717) is 25.0 Å². The van der Waals surface area contributed by atoms with Gasteiger partial charge in [-0.1, -0.05) is 4.40 Å². The molecule has 3 saturated carbocycles. The van der Waals surface area contributed by atoms with Crippen molar-refractivity contribution in [1.29, 1.82) is 10.5 Å². The van der Waals surface area contributed by atoms with Crippen molar-refractivity contribution < 1.29 is 18.8 Å². The molecule has 0 amide bonds. The van der Waals surface area contributed by atoms with Crippen molar-refractivity contribution in [1.82, 2.24) is 9.97 Å². The van der Waals surface area contributed by atoms with Crippen molar-refractivity contribution in [3.05, 3.63) is 46.2 Å². The number of allylic oxidation sites excluding steroid dienone is 1. The van der Waals surface area contributed by atoms with E-state index >= 15 is 0 Å². The number of anilines is 1. The molecule has 1 atom stereocenters. The molecule has 1 aromatic heterocycles. The molecular formula is C29H32N6O4S. The molecule has 0 unspecified atom stereocenters. The standard InChI is InChI=1S/C29H32N6O4S/c1-7-38-25(36)22-21(13-32-40(37)27(4,5)6)24(34-26(33-22)35-29-14-28(15-29,16-29)17-31)39-23-18(2)11-20(9-8-10-30)12-19(23)3/h8-9,11-13H,7,14-16H2,1-6H3,(H,33,34,35)/b9-8+,32-13+/t28?,29?,40-/m0/s1. The molecule has 1 aromatic carbocycles. The van der Waals surface area contributed by atoms with Crippen molar-refractivity contribution in [2.45, 2.75) is 71.1 Å². The number of nitrogens with one attached hydrogen (secondary N) is 1. The second kappa shape index (κ2) is 10.9. The maximum absolute atomic E-state index is 13.1. The topological polar surface area (TPSA) is 156 Å². The molecule has 0 aliphatic heterocycles. The first-order valence-corrected chi connectivity index (χ1v) is 14.0. The van der Waals surface area contributed by atoms with Crippen molar-refractivity contribution in [3.8, 4) is 23.8 Å². The van der Waals surface area contributed by atoms with Crippen molar-refractivity contribution in [2.75, 3.05) is 11.9 Å². The Hall–Kier alpha value is -3.93. The summed E-state index contributed by atoms with van der Waals surface area (Å²) in [7, 11) is 0. The van der Waals surface area contributed by atoms with E-state index in [1.54, 1.807) is 33.8 Å². The molecule has 5 rings (SSSR count). The van der Waals surface area contributed by atoms with Gasteiger partial charge in [-0.3, -0.25) is 0 Å². The Morgan fingerprint density at radius 1 is 1.23 bits per heavy atom. The Balaban J connectivity index is 1.81. The smallest absolute Gasteiger partial charge is 0.357 e. The summed E-state index contributed by atoms with van der Waals surface area (Å²) < 4.78 is 28.0.